The van der Waals surface area contributed by atoms with Crippen LogP contribution >= 0.6 is 11.6 Å². The fraction of sp³-hybridized carbons (Fsp3) is 0.286. The number of benzene rings is 1. The van der Waals surface area contributed by atoms with Crippen molar-refractivity contribution in [1.82, 2.24) is 5.32 Å². The van der Waals surface area contributed by atoms with Crippen LogP contribution in [0.5, 0.6) is 0 Å². The number of hydrogen-bond acceptors (Lipinski definition) is 4. The van der Waals surface area contributed by atoms with Gasteiger partial charge in [0.05, 0.1) is 11.4 Å². The molecule has 0 saturated carbocycles. The van der Waals surface area contributed by atoms with Crippen molar-refractivity contribution < 1.29 is 19.8 Å². The normalized spacial score (nSPS) is 15.4. The van der Waals surface area contributed by atoms with Crippen LogP contribution in [-0.2, 0) is 9.59 Å². The molecule has 0 aliphatic heterocycles. The standard InChI is InChI=1S/C14H16ClNO4/c1-8(9(2)15)13(18)16-11(12(17)14(19)20)10-6-4-3-5-7-10/h3-7,9,11-12,17H,1H2,2H3,(H,16,18)(H,19,20)/t9?,11-,12+/m0/s1/i/hT. The molecule has 0 bridgehead atoms. The second-order valence-corrected chi connectivity index (χ2v) is 4.92. The molecule has 3 N–H and O–H groups in total. The molecule has 0 fully saturated rings. The van der Waals surface area contributed by atoms with Crippen LogP contribution in [-0.4, -0.2) is 33.6 Å². The molecule has 0 aromatic heterocycles. The summed E-state index contributed by atoms with van der Waals surface area (Å²) in [6, 6.07) is 7.30. The summed E-state index contributed by atoms with van der Waals surface area (Å²) < 4.78 is 6.57. The number of carboxylic acid groups (broad SMARTS) is 1. The molecule has 3 atom stereocenters. The summed E-state index contributed by atoms with van der Waals surface area (Å²) in [6.45, 7) is 5.13. The third-order valence-corrected chi connectivity index (χ3v) is 3.04. The first-order chi connectivity index (χ1) is 9.88. The fourth-order valence-electron chi connectivity index (χ4n) is 1.56. The van der Waals surface area contributed by atoms with E-state index in [9.17, 15) is 14.7 Å². The van der Waals surface area contributed by atoms with Crippen molar-refractivity contribution in [3.05, 3.63) is 48.0 Å². The van der Waals surface area contributed by atoms with E-state index in [0.717, 1.165) is 0 Å². The maximum absolute atomic E-state index is 12.0. The van der Waals surface area contributed by atoms with E-state index >= 15 is 0 Å². The Morgan fingerprint density at radius 3 is 2.50 bits per heavy atom. The molecular weight excluding hydrogens is 282 g/mol. The number of carbonyl (C=O) groups excluding carboxylic acids is 1. The van der Waals surface area contributed by atoms with Gasteiger partial charge < -0.3 is 15.5 Å². The third-order valence-electron chi connectivity index (χ3n) is 2.77. The molecule has 20 heavy (non-hydrogen) atoms. The van der Waals surface area contributed by atoms with Crippen molar-refractivity contribution in [3.8, 4) is 0 Å². The molecule has 1 unspecified atom stereocenters. The van der Waals surface area contributed by atoms with Gasteiger partial charge in [0.25, 0.3) is 1.43 Å². The van der Waals surface area contributed by atoms with Gasteiger partial charge >= 0.3 is 5.97 Å². The van der Waals surface area contributed by atoms with Gasteiger partial charge in [-0.15, -0.1) is 11.6 Å². The molecule has 0 aliphatic carbocycles. The Kier molecular flexibility index (Phi) is 5.15. The minimum atomic E-state index is -1.72. The highest BCUT2D eigenvalue weighted by Gasteiger charge is 2.29. The first kappa shape index (κ1) is 14.6. The predicted octanol–water partition coefficient (Wildman–Crippen LogP) is 1.47. The Labute approximate surface area is 123 Å². The van der Waals surface area contributed by atoms with Gasteiger partial charge in [0.2, 0.25) is 5.91 Å². The molecular formula is C14H16ClNO4. The van der Waals surface area contributed by atoms with Crippen molar-refractivity contribution >= 4 is 23.5 Å². The van der Waals surface area contributed by atoms with Gasteiger partial charge in [-0.25, -0.2) is 4.79 Å². The summed E-state index contributed by atoms with van der Waals surface area (Å²) >= 11 is 5.78. The number of nitrogens with one attached hydrogen (secondary N) is 1. The van der Waals surface area contributed by atoms with E-state index < -0.39 is 29.4 Å². The minimum Gasteiger partial charge on any atom is -0.479 e. The van der Waals surface area contributed by atoms with Gasteiger partial charge in [0.15, 0.2) is 6.10 Å². The number of hydrogen-bond donors (Lipinski definition) is 3. The van der Waals surface area contributed by atoms with Gasteiger partial charge in [0, 0.05) is 5.57 Å². The quantitative estimate of drug-likeness (QED) is 0.548. The second-order valence-electron chi connectivity index (χ2n) is 4.27. The molecule has 1 aromatic carbocycles. The second kappa shape index (κ2) is 7.07. The van der Waals surface area contributed by atoms with E-state index in [-0.39, 0.29) is 5.57 Å². The number of aliphatic hydroxyl groups excluding tert-OH is 1. The molecule has 1 rings (SSSR count). The average Bonchev–Trinajstić information content (AvgIpc) is 2.50. The molecule has 0 saturated heterocycles. The summed E-state index contributed by atoms with van der Waals surface area (Å²) in [4.78, 5) is 23.3. The minimum absolute atomic E-state index is 0.101. The first-order valence-corrected chi connectivity index (χ1v) is 6.35. The van der Waals surface area contributed by atoms with E-state index in [1.807, 2.05) is 0 Å². The largest absolute Gasteiger partial charge is 0.479 e. The smallest absolute Gasteiger partial charge is 0.335 e. The van der Waals surface area contributed by atoms with E-state index in [4.69, 9.17) is 13.0 Å². The molecule has 1 amide bonds. The monoisotopic (exact) mass is 299 g/mol. The van der Waals surface area contributed by atoms with Crippen molar-refractivity contribution in [2.75, 3.05) is 0 Å². The zero-order valence-electron chi connectivity index (χ0n) is 11.9. The summed E-state index contributed by atoms with van der Waals surface area (Å²) in [5.41, 5.74) is 0.586. The molecule has 0 spiro atoms. The van der Waals surface area contributed by atoms with Crippen LogP contribution in [0.4, 0.5) is 0 Å². The fourth-order valence-corrected chi connectivity index (χ4v) is 1.65. The number of aliphatic hydroxyl groups is 1. The van der Waals surface area contributed by atoms with E-state index in [1.165, 1.54) is 0 Å². The van der Waals surface area contributed by atoms with Crippen molar-refractivity contribution in [2.24, 2.45) is 0 Å². The zero-order valence-corrected chi connectivity index (χ0v) is 11.6. The summed E-state index contributed by atoms with van der Waals surface area (Å²) in [5, 5.41) is 15.6. The highest BCUT2D eigenvalue weighted by Crippen LogP contribution is 2.18. The Balaban J connectivity index is 3.01. The summed E-state index contributed by atoms with van der Waals surface area (Å²) in [6.07, 6.45) is -1.72. The van der Waals surface area contributed by atoms with Crippen molar-refractivity contribution in [1.29, 1.82) is 1.43 Å². The van der Waals surface area contributed by atoms with E-state index in [1.54, 1.807) is 37.3 Å². The molecule has 0 heterocycles. The van der Waals surface area contributed by atoms with Crippen molar-refractivity contribution in [3.63, 3.8) is 0 Å². The van der Waals surface area contributed by atoms with E-state index in [2.05, 4.69) is 17.0 Å². The lowest BCUT2D eigenvalue weighted by molar-refractivity contribution is -0.148. The lowest BCUT2D eigenvalue weighted by Crippen LogP contribution is -2.41. The first-order valence-electron chi connectivity index (χ1n) is 6.33. The van der Waals surface area contributed by atoms with Crippen LogP contribution in [0.3, 0.4) is 0 Å². The van der Waals surface area contributed by atoms with Crippen LogP contribution in [0.15, 0.2) is 42.5 Å². The van der Waals surface area contributed by atoms with Crippen molar-refractivity contribution in [2.45, 2.75) is 24.4 Å². The van der Waals surface area contributed by atoms with Gasteiger partial charge in [-0.1, -0.05) is 36.9 Å². The maximum atomic E-state index is 12.0. The maximum Gasteiger partial charge on any atom is 0.335 e. The number of halogens is 1. The van der Waals surface area contributed by atoms with Crippen LogP contribution in [0, 0.1) is 0 Å². The topological polar surface area (TPSA) is 86.6 Å². The number of alkyl halides is 1. The van der Waals surface area contributed by atoms with Crippen LogP contribution in [0.2, 0.25) is 0 Å². The Hall–Kier alpha value is -1.85. The predicted molar refractivity (Wildman–Crippen MR) is 75.4 cm³/mol. The number of carbonyl (C=O) groups is 2. The average molecular weight is 300 g/mol. The number of rotatable bonds is 6. The lowest BCUT2D eigenvalue weighted by atomic mass is 10.0. The van der Waals surface area contributed by atoms with Crippen LogP contribution in [0.1, 0.15) is 18.5 Å². The Morgan fingerprint density at radius 2 is 2.00 bits per heavy atom. The molecule has 1 aromatic rings. The molecule has 6 heteroatoms. The molecule has 0 radical (unpaired) electrons. The van der Waals surface area contributed by atoms with Gasteiger partial charge in [0.1, 0.15) is 0 Å². The number of amides is 1. The Morgan fingerprint density at radius 1 is 1.40 bits per heavy atom. The molecule has 108 valence electrons. The lowest BCUT2D eigenvalue weighted by Gasteiger charge is -2.22. The highest BCUT2D eigenvalue weighted by molar-refractivity contribution is 6.25. The third kappa shape index (κ3) is 4.08. The summed E-state index contributed by atoms with van der Waals surface area (Å²) in [7, 11) is 0. The zero-order chi connectivity index (χ0) is 16.0. The van der Waals surface area contributed by atoms with E-state index in [0.29, 0.717) is 5.56 Å². The number of aliphatic carboxylic acids is 1. The van der Waals surface area contributed by atoms with Crippen LogP contribution < -0.4 is 5.32 Å². The van der Waals surface area contributed by atoms with Crippen LogP contribution in [0.25, 0.3) is 1.43 Å². The highest BCUT2D eigenvalue weighted by atomic mass is 35.5. The van der Waals surface area contributed by atoms with Gasteiger partial charge in [-0.2, -0.15) is 0 Å². The molecule has 5 nitrogen and oxygen atoms in total. The van der Waals surface area contributed by atoms with Gasteiger partial charge in [-0.3, -0.25) is 4.79 Å². The SMILES string of the molecule is [3H]OC(=O)[C@H](O)[C@@H](NC(=O)C(=C)C(C)Cl)c1ccccc1. The Bertz CT molecular complexity index is 521. The molecule has 0 aliphatic rings. The number of carboxylic acids is 1. The van der Waals surface area contributed by atoms with Gasteiger partial charge in [-0.05, 0) is 12.5 Å². The summed E-state index contributed by atoms with van der Waals surface area (Å²) in [5.74, 6) is -1.77.